The summed E-state index contributed by atoms with van der Waals surface area (Å²) in [7, 11) is 0. The molecule has 0 aromatic carbocycles. The average molecular weight is 279 g/mol. The molecule has 3 nitrogen and oxygen atoms in total. The van der Waals surface area contributed by atoms with Crippen molar-refractivity contribution in [1.29, 1.82) is 0 Å². The Morgan fingerprint density at radius 3 is 2.60 bits per heavy atom. The Balaban J connectivity index is 2.08. The van der Waals surface area contributed by atoms with Crippen LogP contribution in [0.2, 0.25) is 0 Å². The summed E-state index contributed by atoms with van der Waals surface area (Å²) in [5, 5.41) is 0. The predicted molar refractivity (Wildman–Crippen MR) is 81.3 cm³/mol. The van der Waals surface area contributed by atoms with E-state index in [1.807, 2.05) is 20.8 Å². The van der Waals surface area contributed by atoms with E-state index < -0.39 is 5.60 Å². The van der Waals surface area contributed by atoms with Crippen LogP contribution in [0.4, 0.5) is 0 Å². The van der Waals surface area contributed by atoms with Gasteiger partial charge in [0.15, 0.2) is 0 Å². The van der Waals surface area contributed by atoms with Crippen LogP contribution in [0, 0.1) is 5.41 Å². The van der Waals surface area contributed by atoms with E-state index in [1.54, 1.807) is 0 Å². The van der Waals surface area contributed by atoms with E-state index in [1.165, 1.54) is 24.8 Å². The summed E-state index contributed by atoms with van der Waals surface area (Å²) in [6.45, 7) is 11.4. The molecule has 1 atom stereocenters. The number of hydrogen-bond donors (Lipinski definition) is 0. The van der Waals surface area contributed by atoms with Gasteiger partial charge in [0, 0.05) is 6.54 Å². The lowest BCUT2D eigenvalue weighted by Gasteiger charge is -2.28. The Kier molecular flexibility index (Phi) is 4.17. The summed E-state index contributed by atoms with van der Waals surface area (Å²) in [5.74, 6) is -0.0670. The number of hydrogen-bond acceptors (Lipinski definition) is 3. The third-order valence-corrected chi connectivity index (χ3v) is 4.41. The summed E-state index contributed by atoms with van der Waals surface area (Å²) < 4.78 is 5.56. The molecule has 3 heteroatoms. The van der Waals surface area contributed by atoms with Crippen molar-refractivity contribution in [3.8, 4) is 0 Å². The number of nitrogens with zero attached hydrogens (tertiary/aromatic N) is 1. The molecule has 2 aliphatic rings. The standard InChI is InChI=1S/C17H29NO2/c1-16(2,3)20-15(19)14-9-7-11-18(14)12-13-8-6-10-17(13,4)5/h12,14H,6-11H2,1-5H3/b13-12+/t14-/m0/s1. The third-order valence-electron chi connectivity index (χ3n) is 4.41. The number of esters is 1. The first-order valence-corrected chi connectivity index (χ1v) is 7.89. The quantitative estimate of drug-likeness (QED) is 0.718. The van der Waals surface area contributed by atoms with Crippen LogP contribution in [-0.4, -0.2) is 29.1 Å². The van der Waals surface area contributed by atoms with Gasteiger partial charge in [-0.25, -0.2) is 4.79 Å². The van der Waals surface area contributed by atoms with Gasteiger partial charge >= 0.3 is 5.97 Å². The number of carbonyl (C=O) groups is 1. The molecule has 2 rings (SSSR count). The summed E-state index contributed by atoms with van der Waals surface area (Å²) in [6.07, 6.45) is 7.94. The first-order valence-electron chi connectivity index (χ1n) is 7.89. The molecule has 114 valence electrons. The largest absolute Gasteiger partial charge is 0.458 e. The maximum absolute atomic E-state index is 12.3. The first kappa shape index (κ1) is 15.4. The van der Waals surface area contributed by atoms with Crippen molar-refractivity contribution in [2.24, 2.45) is 5.41 Å². The zero-order valence-electron chi connectivity index (χ0n) is 13.7. The van der Waals surface area contributed by atoms with E-state index in [0.717, 1.165) is 19.4 Å². The third kappa shape index (κ3) is 3.56. The molecule has 0 amide bonds. The monoisotopic (exact) mass is 279 g/mol. The molecule has 20 heavy (non-hydrogen) atoms. The van der Waals surface area contributed by atoms with E-state index >= 15 is 0 Å². The Bertz CT molecular complexity index is 404. The number of ether oxygens (including phenoxy) is 1. The molecule has 0 unspecified atom stereocenters. The van der Waals surface area contributed by atoms with Crippen LogP contribution in [0.15, 0.2) is 11.8 Å². The van der Waals surface area contributed by atoms with Crippen molar-refractivity contribution < 1.29 is 9.53 Å². The second kappa shape index (κ2) is 5.42. The number of rotatable bonds is 2. The second-order valence-corrected chi connectivity index (χ2v) is 7.82. The summed E-state index contributed by atoms with van der Waals surface area (Å²) >= 11 is 0. The highest BCUT2D eigenvalue weighted by atomic mass is 16.6. The molecule has 0 radical (unpaired) electrons. The maximum atomic E-state index is 12.3. The Hall–Kier alpha value is -0.990. The minimum Gasteiger partial charge on any atom is -0.458 e. The van der Waals surface area contributed by atoms with Crippen LogP contribution >= 0.6 is 0 Å². The van der Waals surface area contributed by atoms with Gasteiger partial charge < -0.3 is 9.64 Å². The predicted octanol–water partition coefficient (Wildman–Crippen LogP) is 3.89. The van der Waals surface area contributed by atoms with Crippen LogP contribution in [0.25, 0.3) is 0 Å². The molecule has 0 spiro atoms. The van der Waals surface area contributed by atoms with Crippen LogP contribution < -0.4 is 0 Å². The SMILES string of the molecule is CC(C)(C)OC(=O)[C@@H]1CCCN1/C=C1\CCCC1(C)C. The van der Waals surface area contributed by atoms with Crippen LogP contribution in [0.5, 0.6) is 0 Å². The fourth-order valence-electron chi connectivity index (χ4n) is 3.23. The highest BCUT2D eigenvalue weighted by Crippen LogP contribution is 2.42. The fraction of sp³-hybridized carbons (Fsp3) is 0.824. The fourth-order valence-corrected chi connectivity index (χ4v) is 3.23. The molecule has 1 aliphatic heterocycles. The lowest BCUT2D eigenvalue weighted by atomic mass is 9.87. The smallest absolute Gasteiger partial charge is 0.329 e. The molecule has 2 fully saturated rings. The van der Waals surface area contributed by atoms with E-state index in [-0.39, 0.29) is 12.0 Å². The minimum atomic E-state index is -0.398. The van der Waals surface area contributed by atoms with Crippen molar-refractivity contribution >= 4 is 5.97 Å². The maximum Gasteiger partial charge on any atom is 0.329 e. The Morgan fingerprint density at radius 2 is 2.05 bits per heavy atom. The highest BCUT2D eigenvalue weighted by Gasteiger charge is 2.35. The number of likely N-dealkylation sites (tertiary alicyclic amines) is 1. The van der Waals surface area contributed by atoms with E-state index in [4.69, 9.17) is 4.74 Å². The van der Waals surface area contributed by atoms with Gasteiger partial charge in [0.1, 0.15) is 11.6 Å². The van der Waals surface area contributed by atoms with Crippen molar-refractivity contribution in [3.05, 3.63) is 11.8 Å². The Labute approximate surface area is 123 Å². The van der Waals surface area contributed by atoms with Gasteiger partial charge in [0.2, 0.25) is 0 Å². The van der Waals surface area contributed by atoms with Crippen LogP contribution in [-0.2, 0) is 9.53 Å². The van der Waals surface area contributed by atoms with E-state index in [0.29, 0.717) is 5.41 Å². The molecular formula is C17H29NO2. The zero-order chi connectivity index (χ0) is 15.0. The molecule has 0 bridgehead atoms. The highest BCUT2D eigenvalue weighted by molar-refractivity contribution is 5.76. The van der Waals surface area contributed by atoms with Gasteiger partial charge in [-0.2, -0.15) is 0 Å². The molecule has 0 aromatic heterocycles. The molecule has 1 saturated heterocycles. The van der Waals surface area contributed by atoms with Gasteiger partial charge in [-0.3, -0.25) is 0 Å². The van der Waals surface area contributed by atoms with Crippen molar-refractivity contribution in [2.45, 2.75) is 78.4 Å². The van der Waals surface area contributed by atoms with Gasteiger partial charge in [-0.15, -0.1) is 0 Å². The molecule has 1 heterocycles. The topological polar surface area (TPSA) is 29.5 Å². The van der Waals surface area contributed by atoms with Crippen LogP contribution in [0.3, 0.4) is 0 Å². The zero-order valence-corrected chi connectivity index (χ0v) is 13.7. The van der Waals surface area contributed by atoms with E-state index in [2.05, 4.69) is 24.9 Å². The Morgan fingerprint density at radius 1 is 1.35 bits per heavy atom. The molecular weight excluding hydrogens is 250 g/mol. The van der Waals surface area contributed by atoms with Gasteiger partial charge in [-0.1, -0.05) is 13.8 Å². The molecule has 0 N–H and O–H groups in total. The molecule has 1 saturated carbocycles. The van der Waals surface area contributed by atoms with Crippen molar-refractivity contribution in [1.82, 2.24) is 4.90 Å². The van der Waals surface area contributed by atoms with Crippen LogP contribution in [0.1, 0.15) is 66.7 Å². The molecule has 0 aromatic rings. The normalized spacial score (nSPS) is 28.1. The lowest BCUT2D eigenvalue weighted by Crippen LogP contribution is -2.38. The number of allylic oxidation sites excluding steroid dienone is 1. The van der Waals surface area contributed by atoms with Gasteiger partial charge in [-0.05, 0) is 70.1 Å². The van der Waals surface area contributed by atoms with Gasteiger partial charge in [0.25, 0.3) is 0 Å². The van der Waals surface area contributed by atoms with E-state index in [9.17, 15) is 4.79 Å². The summed E-state index contributed by atoms with van der Waals surface area (Å²) in [5.41, 5.74) is 1.39. The van der Waals surface area contributed by atoms with Crippen molar-refractivity contribution in [2.75, 3.05) is 6.54 Å². The minimum absolute atomic E-state index is 0.0670. The number of carbonyl (C=O) groups excluding carboxylic acids is 1. The van der Waals surface area contributed by atoms with Gasteiger partial charge in [0.05, 0.1) is 0 Å². The van der Waals surface area contributed by atoms with Crippen molar-refractivity contribution in [3.63, 3.8) is 0 Å². The summed E-state index contributed by atoms with van der Waals surface area (Å²) in [4.78, 5) is 14.5. The molecule has 1 aliphatic carbocycles. The average Bonchev–Trinajstić information content (AvgIpc) is 2.84. The first-order chi connectivity index (χ1) is 9.19. The second-order valence-electron chi connectivity index (χ2n) is 7.82. The summed E-state index contributed by atoms with van der Waals surface area (Å²) in [6, 6.07) is -0.0851. The lowest BCUT2D eigenvalue weighted by molar-refractivity contribution is -0.159.